The van der Waals surface area contributed by atoms with Crippen molar-refractivity contribution in [2.45, 2.75) is 63.1 Å². The molecule has 1 fully saturated rings. The molecule has 1 aliphatic heterocycles. The molecule has 2 atom stereocenters. The summed E-state index contributed by atoms with van der Waals surface area (Å²) >= 11 is 0. The van der Waals surface area contributed by atoms with E-state index in [0.717, 1.165) is 6.20 Å². The second-order valence-electron chi connectivity index (χ2n) is 8.49. The first-order valence-corrected chi connectivity index (χ1v) is 9.94. The fourth-order valence-corrected chi connectivity index (χ4v) is 3.90. The summed E-state index contributed by atoms with van der Waals surface area (Å²) in [6, 6.07) is 1.36. The molecule has 1 unspecified atom stereocenters. The number of hydrogen-bond acceptors (Lipinski definition) is 4. The maximum Gasteiger partial charge on any atom is 0.433 e. The Bertz CT molecular complexity index is 1060. The van der Waals surface area contributed by atoms with Gasteiger partial charge in [-0.3, -0.25) is 4.79 Å². The molecule has 1 saturated carbocycles. The van der Waals surface area contributed by atoms with E-state index in [4.69, 9.17) is 0 Å². The lowest BCUT2D eigenvalue weighted by atomic mass is 10.0. The second-order valence-corrected chi connectivity index (χ2v) is 8.49. The zero-order valence-corrected chi connectivity index (χ0v) is 17.1. The largest absolute Gasteiger partial charge is 0.433 e. The van der Waals surface area contributed by atoms with Gasteiger partial charge in [0.05, 0.1) is 24.5 Å². The molecule has 12 heteroatoms. The van der Waals surface area contributed by atoms with Crippen LogP contribution in [0.5, 0.6) is 0 Å². The SMILES string of the molecule is C[C@H]1CN(C(=O)c2cc(C3CC3)nc(C(F)(F)F)c2)Cc2cnc(C(C)(O)C(F)(F)F)n21. The summed E-state index contributed by atoms with van der Waals surface area (Å²) in [5, 5.41) is 10.0. The lowest BCUT2D eigenvalue weighted by molar-refractivity contribution is -0.263. The van der Waals surface area contributed by atoms with E-state index in [9.17, 15) is 36.2 Å². The summed E-state index contributed by atoms with van der Waals surface area (Å²) in [5.74, 6) is -1.39. The van der Waals surface area contributed by atoms with Crippen molar-refractivity contribution in [3.63, 3.8) is 0 Å². The average molecular weight is 462 g/mol. The molecule has 1 amide bonds. The summed E-state index contributed by atoms with van der Waals surface area (Å²) in [4.78, 5) is 21.7. The van der Waals surface area contributed by atoms with Crippen molar-refractivity contribution < 1.29 is 36.2 Å². The molecular formula is C20H20F6N4O2. The number of rotatable bonds is 3. The number of hydrogen-bond donors (Lipinski definition) is 1. The van der Waals surface area contributed by atoms with Crippen LogP contribution < -0.4 is 0 Å². The molecule has 2 aromatic heterocycles. The van der Waals surface area contributed by atoms with Crippen LogP contribution in [0.4, 0.5) is 26.3 Å². The molecule has 2 aromatic rings. The van der Waals surface area contributed by atoms with Crippen molar-refractivity contribution in [2.24, 2.45) is 0 Å². The minimum absolute atomic E-state index is 0.0639. The van der Waals surface area contributed by atoms with Gasteiger partial charge in [-0.1, -0.05) is 0 Å². The molecule has 1 N–H and O–H groups in total. The molecule has 6 nitrogen and oxygen atoms in total. The van der Waals surface area contributed by atoms with Crippen molar-refractivity contribution in [2.75, 3.05) is 6.54 Å². The van der Waals surface area contributed by atoms with Crippen molar-refractivity contribution in [1.82, 2.24) is 19.4 Å². The number of nitrogens with zero attached hydrogens (tertiary/aromatic N) is 4. The average Bonchev–Trinajstić information content (AvgIpc) is 3.44. The fraction of sp³-hybridized carbons (Fsp3) is 0.550. The van der Waals surface area contributed by atoms with E-state index in [1.807, 2.05) is 0 Å². The maximum absolute atomic E-state index is 13.3. The summed E-state index contributed by atoms with van der Waals surface area (Å²) in [5.41, 5.74) is -4.07. The minimum atomic E-state index is -4.97. The van der Waals surface area contributed by atoms with Crippen LogP contribution in [0, 0.1) is 0 Å². The zero-order valence-electron chi connectivity index (χ0n) is 17.1. The highest BCUT2D eigenvalue weighted by molar-refractivity contribution is 5.94. The number of carbonyl (C=O) groups is 1. The summed E-state index contributed by atoms with van der Waals surface area (Å²) in [6.07, 6.45) is -7.15. The van der Waals surface area contributed by atoms with Gasteiger partial charge in [0, 0.05) is 23.7 Å². The van der Waals surface area contributed by atoms with Gasteiger partial charge < -0.3 is 14.6 Å². The molecular weight excluding hydrogens is 442 g/mol. The Hall–Kier alpha value is -2.63. The number of pyridine rings is 1. The maximum atomic E-state index is 13.3. The predicted octanol–water partition coefficient (Wildman–Crippen LogP) is 4.16. The molecule has 3 heterocycles. The molecule has 2 aliphatic rings. The molecule has 0 saturated heterocycles. The molecule has 0 radical (unpaired) electrons. The predicted molar refractivity (Wildman–Crippen MR) is 98.5 cm³/mol. The third-order valence-corrected chi connectivity index (χ3v) is 5.80. The Morgan fingerprint density at radius 2 is 1.81 bits per heavy atom. The third-order valence-electron chi connectivity index (χ3n) is 5.80. The monoisotopic (exact) mass is 462 g/mol. The van der Waals surface area contributed by atoms with E-state index in [-0.39, 0.29) is 36.0 Å². The van der Waals surface area contributed by atoms with Crippen LogP contribution in [0.25, 0.3) is 0 Å². The van der Waals surface area contributed by atoms with Gasteiger partial charge in [0.25, 0.3) is 5.91 Å². The molecule has 0 spiro atoms. The molecule has 4 rings (SSSR count). The van der Waals surface area contributed by atoms with E-state index >= 15 is 0 Å². The van der Waals surface area contributed by atoms with Gasteiger partial charge in [-0.2, -0.15) is 26.3 Å². The van der Waals surface area contributed by atoms with E-state index in [2.05, 4.69) is 9.97 Å². The smallest absolute Gasteiger partial charge is 0.374 e. The van der Waals surface area contributed by atoms with Crippen LogP contribution >= 0.6 is 0 Å². The van der Waals surface area contributed by atoms with Crippen LogP contribution in [-0.2, 0) is 18.3 Å². The van der Waals surface area contributed by atoms with E-state index in [0.29, 0.717) is 25.8 Å². The second kappa shape index (κ2) is 7.19. The van der Waals surface area contributed by atoms with Gasteiger partial charge in [0.1, 0.15) is 5.69 Å². The number of halogens is 6. The van der Waals surface area contributed by atoms with Crippen LogP contribution in [0.3, 0.4) is 0 Å². The molecule has 174 valence electrons. The molecule has 0 bridgehead atoms. The minimum Gasteiger partial charge on any atom is -0.374 e. The van der Waals surface area contributed by atoms with Crippen molar-refractivity contribution in [1.29, 1.82) is 0 Å². The zero-order chi connectivity index (χ0) is 23.6. The van der Waals surface area contributed by atoms with Gasteiger partial charge in [0.15, 0.2) is 5.82 Å². The van der Waals surface area contributed by atoms with E-state index in [1.165, 1.54) is 15.5 Å². The number of aromatic nitrogens is 3. The van der Waals surface area contributed by atoms with Gasteiger partial charge in [-0.15, -0.1) is 0 Å². The van der Waals surface area contributed by atoms with Crippen molar-refractivity contribution >= 4 is 5.91 Å². The molecule has 1 aliphatic carbocycles. The van der Waals surface area contributed by atoms with E-state index < -0.39 is 41.4 Å². The Morgan fingerprint density at radius 3 is 2.38 bits per heavy atom. The first kappa shape index (κ1) is 22.6. The van der Waals surface area contributed by atoms with Crippen molar-refractivity contribution in [3.05, 3.63) is 46.8 Å². The number of imidazole rings is 1. The van der Waals surface area contributed by atoms with Gasteiger partial charge >= 0.3 is 12.4 Å². The van der Waals surface area contributed by atoms with Crippen LogP contribution in [0.15, 0.2) is 18.3 Å². The Balaban J connectivity index is 1.66. The quantitative estimate of drug-likeness (QED) is 0.696. The summed E-state index contributed by atoms with van der Waals surface area (Å²) < 4.78 is 81.0. The highest BCUT2D eigenvalue weighted by Gasteiger charge is 2.55. The number of alkyl halides is 6. The highest BCUT2D eigenvalue weighted by Crippen LogP contribution is 2.42. The lowest BCUT2D eigenvalue weighted by Gasteiger charge is -2.36. The van der Waals surface area contributed by atoms with Crippen LogP contribution in [0.1, 0.15) is 71.9 Å². The summed E-state index contributed by atoms with van der Waals surface area (Å²) in [7, 11) is 0. The number of carbonyl (C=O) groups excluding carboxylic acids is 1. The topological polar surface area (TPSA) is 71.2 Å². The standard InChI is InChI=1S/C20H20F6N4O2/c1-10-8-29(9-13-7-27-17(30(10)13)18(2,32)20(24,25)26)16(31)12-5-14(11-3-4-11)28-15(6-12)19(21,22)23/h5-7,10-11,32H,3-4,8-9H2,1-2H3/t10-,18?/m0/s1. The van der Waals surface area contributed by atoms with Gasteiger partial charge in [-0.05, 0) is 38.8 Å². The van der Waals surface area contributed by atoms with Gasteiger partial charge in [0.2, 0.25) is 5.60 Å². The van der Waals surface area contributed by atoms with Crippen molar-refractivity contribution in [3.8, 4) is 0 Å². The molecule has 0 aromatic carbocycles. The normalized spacial score (nSPS) is 21.3. The Kier molecular flexibility index (Phi) is 5.07. The Morgan fingerprint density at radius 1 is 1.16 bits per heavy atom. The first-order valence-electron chi connectivity index (χ1n) is 9.94. The van der Waals surface area contributed by atoms with Crippen LogP contribution in [0.2, 0.25) is 0 Å². The third kappa shape index (κ3) is 3.84. The summed E-state index contributed by atoms with van der Waals surface area (Å²) in [6.45, 7) is 1.92. The van der Waals surface area contributed by atoms with Gasteiger partial charge in [-0.25, -0.2) is 9.97 Å². The number of amides is 1. The number of fused-ring (bicyclic) bond motifs is 1. The highest BCUT2D eigenvalue weighted by atomic mass is 19.4. The van der Waals surface area contributed by atoms with Crippen LogP contribution in [-0.4, -0.2) is 43.2 Å². The number of aliphatic hydroxyl groups is 1. The van der Waals surface area contributed by atoms with E-state index in [1.54, 1.807) is 6.92 Å². The fourth-order valence-electron chi connectivity index (χ4n) is 3.90. The molecule has 32 heavy (non-hydrogen) atoms. The first-order chi connectivity index (χ1) is 14.7. The lowest BCUT2D eigenvalue weighted by Crippen LogP contribution is -2.45. The Labute approximate surface area is 178 Å².